The highest BCUT2D eigenvalue weighted by molar-refractivity contribution is 6.30. The highest BCUT2D eigenvalue weighted by atomic mass is 35.5. The molecule has 1 aromatic heterocycles. The van der Waals surface area contributed by atoms with E-state index in [1.807, 2.05) is 50.1 Å². The van der Waals surface area contributed by atoms with Crippen molar-refractivity contribution in [2.45, 2.75) is 24.8 Å². The third kappa shape index (κ3) is 4.83. The molecule has 1 aliphatic rings. The first-order valence-electron chi connectivity index (χ1n) is 9.50. The molecule has 0 unspecified atom stereocenters. The van der Waals surface area contributed by atoms with Crippen LogP contribution in [0.4, 0.5) is 0 Å². The van der Waals surface area contributed by atoms with Gasteiger partial charge in [-0.3, -0.25) is 4.99 Å². The molecule has 7 heteroatoms. The number of halogens is 2. The molecule has 0 saturated carbocycles. The summed E-state index contributed by atoms with van der Waals surface area (Å²) in [4.78, 5) is 6.59. The fourth-order valence-electron chi connectivity index (χ4n) is 3.82. The summed E-state index contributed by atoms with van der Waals surface area (Å²) in [6.45, 7) is 3.01. The number of aromatic nitrogens is 1. The smallest absolute Gasteiger partial charge is 0.193 e. The number of benzene rings is 1. The Morgan fingerprint density at radius 2 is 2.00 bits per heavy atom. The van der Waals surface area contributed by atoms with Gasteiger partial charge >= 0.3 is 0 Å². The highest BCUT2D eigenvalue weighted by Gasteiger charge is 2.35. The predicted molar refractivity (Wildman–Crippen MR) is 116 cm³/mol. The first-order chi connectivity index (χ1) is 13.4. The summed E-state index contributed by atoms with van der Waals surface area (Å²) in [7, 11) is 5.85. The van der Waals surface area contributed by atoms with Crippen molar-refractivity contribution in [2.75, 3.05) is 33.9 Å². The van der Waals surface area contributed by atoms with Crippen LogP contribution in [-0.2, 0) is 23.7 Å². The zero-order chi connectivity index (χ0) is 20.1. The number of guanidine groups is 1. The summed E-state index contributed by atoms with van der Waals surface area (Å²) in [5.74, 6) is 0.852. The topological polar surface area (TPSA) is 41.8 Å². The second-order valence-corrected chi connectivity index (χ2v) is 8.29. The molecular formula is C21H28Cl2N4O. The summed E-state index contributed by atoms with van der Waals surface area (Å²) in [6.07, 6.45) is 3.82. The lowest BCUT2D eigenvalue weighted by Gasteiger charge is -2.39. The molecule has 0 amide bonds. The first-order valence-corrected chi connectivity index (χ1v) is 10.3. The van der Waals surface area contributed by atoms with Crippen LogP contribution in [0.2, 0.25) is 10.0 Å². The molecule has 1 saturated heterocycles. The Morgan fingerprint density at radius 3 is 2.61 bits per heavy atom. The maximum atomic E-state index is 6.28. The molecule has 1 aliphatic heterocycles. The normalized spacial score (nSPS) is 16.8. The summed E-state index contributed by atoms with van der Waals surface area (Å²) >= 11 is 12.4. The number of nitrogens with one attached hydrogen (secondary N) is 1. The van der Waals surface area contributed by atoms with Crippen LogP contribution < -0.4 is 5.32 Å². The Balaban J connectivity index is 1.73. The van der Waals surface area contributed by atoms with E-state index in [0.717, 1.165) is 60.8 Å². The molecule has 5 nitrogen and oxygen atoms in total. The van der Waals surface area contributed by atoms with E-state index >= 15 is 0 Å². The largest absolute Gasteiger partial charge is 0.381 e. The maximum absolute atomic E-state index is 6.28. The fourth-order valence-corrected chi connectivity index (χ4v) is 4.28. The standard InChI is InChI=1S/C21H28Cl2N4O/c1-24-20(27(3)14-19-12-18(23)13-26(19)2)25-15-21(7-9-28-10-8-21)16-5-4-6-17(22)11-16/h4-6,11-13H,7-10,14-15H2,1-3H3,(H,24,25). The van der Waals surface area contributed by atoms with E-state index < -0.39 is 0 Å². The van der Waals surface area contributed by atoms with E-state index in [9.17, 15) is 0 Å². The number of hydrogen-bond donors (Lipinski definition) is 1. The van der Waals surface area contributed by atoms with Crippen molar-refractivity contribution in [1.82, 2.24) is 14.8 Å². The van der Waals surface area contributed by atoms with Gasteiger partial charge < -0.3 is 19.5 Å². The molecule has 1 fully saturated rings. The molecule has 1 aromatic carbocycles. The number of nitrogens with zero attached hydrogens (tertiary/aromatic N) is 3. The minimum Gasteiger partial charge on any atom is -0.381 e. The van der Waals surface area contributed by atoms with Crippen molar-refractivity contribution in [3.63, 3.8) is 0 Å². The van der Waals surface area contributed by atoms with Crippen LogP contribution in [0.15, 0.2) is 41.5 Å². The molecule has 152 valence electrons. The van der Waals surface area contributed by atoms with Crippen LogP contribution in [0.25, 0.3) is 0 Å². The number of aryl methyl sites for hydroxylation is 1. The first kappa shape index (κ1) is 21.0. The van der Waals surface area contributed by atoms with Crippen molar-refractivity contribution in [3.05, 3.63) is 57.8 Å². The Morgan fingerprint density at radius 1 is 1.25 bits per heavy atom. The van der Waals surface area contributed by atoms with Crippen LogP contribution in [0.5, 0.6) is 0 Å². The van der Waals surface area contributed by atoms with E-state index in [0.29, 0.717) is 0 Å². The average Bonchev–Trinajstić information content (AvgIpc) is 3.00. The monoisotopic (exact) mass is 422 g/mol. The zero-order valence-corrected chi connectivity index (χ0v) is 18.2. The van der Waals surface area contributed by atoms with E-state index in [-0.39, 0.29) is 5.41 Å². The van der Waals surface area contributed by atoms with Gasteiger partial charge in [-0.25, -0.2) is 0 Å². The lowest BCUT2D eigenvalue weighted by Crippen LogP contribution is -2.48. The summed E-state index contributed by atoms with van der Waals surface area (Å²) in [6, 6.07) is 10.2. The van der Waals surface area contributed by atoms with E-state index in [1.54, 1.807) is 0 Å². The Hall–Kier alpha value is -1.69. The molecular weight excluding hydrogens is 395 g/mol. The van der Waals surface area contributed by atoms with Crippen molar-refractivity contribution in [3.8, 4) is 0 Å². The van der Waals surface area contributed by atoms with Gasteiger partial charge in [0.05, 0.1) is 11.6 Å². The molecule has 2 aromatic rings. The van der Waals surface area contributed by atoms with Crippen molar-refractivity contribution in [2.24, 2.45) is 12.0 Å². The summed E-state index contributed by atoms with van der Waals surface area (Å²) < 4.78 is 7.67. The van der Waals surface area contributed by atoms with E-state index in [2.05, 4.69) is 27.3 Å². The van der Waals surface area contributed by atoms with Crippen LogP contribution >= 0.6 is 23.2 Å². The number of aliphatic imine (C=N–C) groups is 1. The Kier molecular flexibility index (Phi) is 6.91. The van der Waals surface area contributed by atoms with Crippen LogP contribution in [0, 0.1) is 0 Å². The van der Waals surface area contributed by atoms with Crippen molar-refractivity contribution < 1.29 is 4.74 Å². The predicted octanol–water partition coefficient (Wildman–Crippen LogP) is 4.09. The van der Waals surface area contributed by atoms with Crippen LogP contribution in [0.3, 0.4) is 0 Å². The minimum absolute atomic E-state index is 0.0196. The maximum Gasteiger partial charge on any atom is 0.193 e. The molecule has 0 atom stereocenters. The molecule has 0 spiro atoms. The van der Waals surface area contributed by atoms with Gasteiger partial charge in [0, 0.05) is 63.2 Å². The lowest BCUT2D eigenvalue weighted by atomic mass is 9.74. The lowest BCUT2D eigenvalue weighted by molar-refractivity contribution is 0.0512. The van der Waals surface area contributed by atoms with Crippen molar-refractivity contribution >= 4 is 29.2 Å². The van der Waals surface area contributed by atoms with Gasteiger partial charge in [-0.1, -0.05) is 35.3 Å². The van der Waals surface area contributed by atoms with Gasteiger partial charge in [0.2, 0.25) is 0 Å². The minimum atomic E-state index is -0.0196. The summed E-state index contributed by atoms with van der Waals surface area (Å²) in [5.41, 5.74) is 2.36. The number of rotatable bonds is 5. The molecule has 1 N–H and O–H groups in total. The highest BCUT2D eigenvalue weighted by Crippen LogP contribution is 2.35. The zero-order valence-electron chi connectivity index (χ0n) is 16.7. The molecule has 3 rings (SSSR count). The Bertz CT molecular complexity index is 828. The van der Waals surface area contributed by atoms with Gasteiger partial charge in [-0.05, 0) is 36.6 Å². The summed E-state index contributed by atoms with van der Waals surface area (Å²) in [5, 5.41) is 5.09. The van der Waals surface area contributed by atoms with Crippen molar-refractivity contribution in [1.29, 1.82) is 0 Å². The van der Waals surface area contributed by atoms with E-state index in [1.165, 1.54) is 5.56 Å². The average molecular weight is 423 g/mol. The SMILES string of the molecule is CN=C(NCC1(c2cccc(Cl)c2)CCOCC1)N(C)Cc1cc(Cl)cn1C. The van der Waals surface area contributed by atoms with Crippen LogP contribution in [-0.4, -0.2) is 49.3 Å². The third-order valence-electron chi connectivity index (χ3n) is 5.52. The number of hydrogen-bond acceptors (Lipinski definition) is 2. The molecule has 28 heavy (non-hydrogen) atoms. The Labute approximate surface area is 177 Å². The van der Waals surface area contributed by atoms with E-state index in [4.69, 9.17) is 27.9 Å². The fraction of sp³-hybridized carbons (Fsp3) is 0.476. The second kappa shape index (κ2) is 9.21. The van der Waals surface area contributed by atoms with Gasteiger partial charge in [0.15, 0.2) is 5.96 Å². The van der Waals surface area contributed by atoms with Gasteiger partial charge in [-0.2, -0.15) is 0 Å². The second-order valence-electron chi connectivity index (χ2n) is 7.42. The quantitative estimate of drug-likeness (QED) is 0.582. The molecule has 0 aliphatic carbocycles. The molecule has 0 radical (unpaired) electrons. The molecule has 2 heterocycles. The van der Waals surface area contributed by atoms with Gasteiger partial charge in [-0.15, -0.1) is 0 Å². The van der Waals surface area contributed by atoms with Gasteiger partial charge in [0.1, 0.15) is 0 Å². The van der Waals surface area contributed by atoms with Crippen LogP contribution in [0.1, 0.15) is 24.1 Å². The molecule has 0 bridgehead atoms. The van der Waals surface area contributed by atoms with Gasteiger partial charge in [0.25, 0.3) is 0 Å². The third-order valence-corrected chi connectivity index (χ3v) is 5.96. The number of ether oxygens (including phenoxy) is 1.